The molecule has 0 aromatic heterocycles. The number of nitrogens with zero attached hydrogens (tertiary/aromatic N) is 2. The first kappa shape index (κ1) is 14.8. The number of nitro groups is 1. The number of para-hydroxylation sites is 1. The van der Waals surface area contributed by atoms with E-state index in [-0.39, 0.29) is 12.6 Å². The van der Waals surface area contributed by atoms with Crippen LogP contribution in [0.3, 0.4) is 0 Å². The molecule has 110 valence electrons. The molecule has 0 aliphatic carbocycles. The van der Waals surface area contributed by atoms with E-state index < -0.39 is 31.3 Å². The summed E-state index contributed by atoms with van der Waals surface area (Å²) >= 11 is 0. The van der Waals surface area contributed by atoms with Crippen molar-refractivity contribution in [1.29, 1.82) is 0 Å². The Morgan fingerprint density at radius 3 is 2.60 bits per heavy atom. The third-order valence-electron chi connectivity index (χ3n) is 3.20. The van der Waals surface area contributed by atoms with Crippen LogP contribution in [0.2, 0.25) is 0 Å². The number of hydrogen-bond donors (Lipinski definition) is 1. The monoisotopic (exact) mass is 303 g/mol. The number of rotatable bonds is 5. The fraction of sp³-hybridized carbons (Fsp3) is 0.455. The maximum Gasteiger partial charge on any atom is 0.324 e. The van der Waals surface area contributed by atoms with E-state index in [4.69, 9.17) is 0 Å². The zero-order valence-electron chi connectivity index (χ0n) is 10.7. The lowest BCUT2D eigenvalue weighted by Gasteiger charge is -2.36. The Morgan fingerprint density at radius 2 is 2.15 bits per heavy atom. The van der Waals surface area contributed by atoms with Crippen LogP contribution < -0.4 is 5.32 Å². The second-order valence-electron chi connectivity index (χ2n) is 4.36. The van der Waals surface area contributed by atoms with E-state index in [0.717, 1.165) is 22.5 Å². The summed E-state index contributed by atoms with van der Waals surface area (Å²) in [6.45, 7) is 2.77. The Balaban J connectivity index is 2.53. The molecule has 1 aromatic rings. The summed E-state index contributed by atoms with van der Waals surface area (Å²) in [6.07, 6.45) is 0. The van der Waals surface area contributed by atoms with Crippen LogP contribution in [0.15, 0.2) is 23.1 Å². The van der Waals surface area contributed by atoms with Crippen LogP contribution in [-0.4, -0.2) is 43.3 Å². The van der Waals surface area contributed by atoms with Gasteiger partial charge in [-0.2, -0.15) is 8.70 Å². The van der Waals surface area contributed by atoms with Gasteiger partial charge in [0.25, 0.3) is 0 Å². The van der Waals surface area contributed by atoms with Gasteiger partial charge in [0.2, 0.25) is 15.8 Å². The molecular formula is C11H14FN3O4S. The number of hydrogen-bond acceptors (Lipinski definition) is 5. The molecule has 1 aliphatic rings. The maximum atomic E-state index is 13.6. The van der Waals surface area contributed by atoms with Gasteiger partial charge in [-0.25, -0.2) is 8.42 Å². The smallest absolute Gasteiger partial charge is 0.313 e. The number of likely N-dealkylation sites (N-methyl/N-ethyl adjacent to an activating group) is 1. The topological polar surface area (TPSA) is 92.6 Å². The highest BCUT2D eigenvalue weighted by Gasteiger charge is 2.38. The van der Waals surface area contributed by atoms with Crippen molar-refractivity contribution in [2.75, 3.05) is 19.6 Å². The predicted octanol–water partition coefficient (Wildman–Crippen LogP) is 0.716. The molecule has 0 bridgehead atoms. The zero-order valence-corrected chi connectivity index (χ0v) is 11.6. The largest absolute Gasteiger partial charge is 0.324 e. The van der Waals surface area contributed by atoms with Crippen molar-refractivity contribution in [2.45, 2.75) is 17.9 Å². The second-order valence-corrected chi connectivity index (χ2v) is 6.22. The van der Waals surface area contributed by atoms with E-state index in [2.05, 4.69) is 5.32 Å². The number of benzene rings is 1. The van der Waals surface area contributed by atoms with E-state index in [1.165, 1.54) is 0 Å². The van der Waals surface area contributed by atoms with Gasteiger partial charge < -0.3 is 5.32 Å². The molecule has 0 saturated carbocycles. The lowest BCUT2D eigenvalue weighted by atomic mass is 10.2. The van der Waals surface area contributed by atoms with E-state index in [1.807, 2.05) is 0 Å². The molecule has 0 atom stereocenters. The Kier molecular flexibility index (Phi) is 4.02. The zero-order chi connectivity index (χ0) is 14.9. The molecule has 2 rings (SSSR count). The van der Waals surface area contributed by atoms with Crippen molar-refractivity contribution in [1.82, 2.24) is 9.62 Å². The Morgan fingerprint density at radius 1 is 1.50 bits per heavy atom. The molecule has 1 aliphatic heterocycles. The van der Waals surface area contributed by atoms with Crippen LogP contribution in [0.25, 0.3) is 0 Å². The average molecular weight is 303 g/mol. The standard InChI is InChI=1S/C11H14FN3O4S/c1-2-14(8-6-13-7-8)20(18,19)10-5-3-4-9(12)11(10)15(16)17/h3-5,8,13H,2,6-7H2,1H3. The molecule has 0 spiro atoms. The quantitative estimate of drug-likeness (QED) is 0.639. The van der Waals surface area contributed by atoms with Gasteiger partial charge in [0.05, 0.1) is 11.0 Å². The fourth-order valence-electron chi connectivity index (χ4n) is 2.11. The molecule has 1 N–H and O–H groups in total. The molecular weight excluding hydrogens is 289 g/mol. The highest BCUT2D eigenvalue weighted by molar-refractivity contribution is 7.89. The third-order valence-corrected chi connectivity index (χ3v) is 5.26. The number of nitrogens with one attached hydrogen (secondary N) is 1. The molecule has 9 heteroatoms. The van der Waals surface area contributed by atoms with Gasteiger partial charge in [-0.3, -0.25) is 10.1 Å². The summed E-state index contributed by atoms with van der Waals surface area (Å²) < 4.78 is 39.7. The highest BCUT2D eigenvalue weighted by Crippen LogP contribution is 2.30. The minimum atomic E-state index is -4.10. The summed E-state index contributed by atoms with van der Waals surface area (Å²) in [4.78, 5) is 9.32. The predicted molar refractivity (Wildman–Crippen MR) is 69.3 cm³/mol. The van der Waals surface area contributed by atoms with Gasteiger partial charge >= 0.3 is 5.69 Å². The highest BCUT2D eigenvalue weighted by atomic mass is 32.2. The average Bonchev–Trinajstić information content (AvgIpc) is 2.32. The van der Waals surface area contributed by atoms with E-state index >= 15 is 0 Å². The second kappa shape index (κ2) is 5.43. The van der Waals surface area contributed by atoms with Crippen LogP contribution in [0.4, 0.5) is 10.1 Å². The maximum absolute atomic E-state index is 13.6. The van der Waals surface area contributed by atoms with Crippen molar-refractivity contribution < 1.29 is 17.7 Å². The molecule has 7 nitrogen and oxygen atoms in total. The first-order valence-corrected chi connectivity index (χ1v) is 7.49. The van der Waals surface area contributed by atoms with Crippen molar-refractivity contribution in [2.24, 2.45) is 0 Å². The molecule has 1 aromatic carbocycles. The van der Waals surface area contributed by atoms with E-state index in [1.54, 1.807) is 6.92 Å². The first-order valence-electron chi connectivity index (χ1n) is 6.05. The summed E-state index contributed by atoms with van der Waals surface area (Å²) in [5, 5.41) is 13.9. The number of sulfonamides is 1. The number of halogens is 1. The van der Waals surface area contributed by atoms with Crippen LogP contribution >= 0.6 is 0 Å². The summed E-state index contributed by atoms with van der Waals surface area (Å²) in [6, 6.07) is 2.83. The Labute approximate surface area is 115 Å². The summed E-state index contributed by atoms with van der Waals surface area (Å²) in [7, 11) is -4.10. The van der Waals surface area contributed by atoms with Crippen molar-refractivity contribution >= 4 is 15.7 Å². The van der Waals surface area contributed by atoms with Gasteiger partial charge in [0.1, 0.15) is 0 Å². The van der Waals surface area contributed by atoms with Crippen LogP contribution in [0.1, 0.15) is 6.92 Å². The molecule has 0 unspecified atom stereocenters. The van der Waals surface area contributed by atoms with Gasteiger partial charge in [-0.1, -0.05) is 13.0 Å². The van der Waals surface area contributed by atoms with Gasteiger partial charge in [-0.05, 0) is 12.1 Å². The Bertz CT molecular complexity index is 631. The third kappa shape index (κ3) is 2.39. The number of nitro benzene ring substituents is 1. The van der Waals surface area contributed by atoms with Crippen LogP contribution in [-0.2, 0) is 10.0 Å². The SMILES string of the molecule is CCN(C1CNC1)S(=O)(=O)c1cccc(F)c1[N+](=O)[O-]. The van der Waals surface area contributed by atoms with E-state index in [0.29, 0.717) is 13.1 Å². The van der Waals surface area contributed by atoms with Crippen LogP contribution in [0, 0.1) is 15.9 Å². The van der Waals surface area contributed by atoms with Gasteiger partial charge in [-0.15, -0.1) is 0 Å². The Hall–Kier alpha value is -1.58. The van der Waals surface area contributed by atoms with Gasteiger partial charge in [0, 0.05) is 19.6 Å². The molecule has 1 heterocycles. The molecule has 0 amide bonds. The summed E-state index contributed by atoms with van der Waals surface area (Å²) in [5.74, 6) is -1.15. The minimum Gasteiger partial charge on any atom is -0.313 e. The molecule has 20 heavy (non-hydrogen) atoms. The van der Waals surface area contributed by atoms with Crippen molar-refractivity contribution in [3.05, 3.63) is 34.1 Å². The van der Waals surface area contributed by atoms with Crippen molar-refractivity contribution in [3.8, 4) is 0 Å². The lowest BCUT2D eigenvalue weighted by Crippen LogP contribution is -2.58. The molecule has 0 radical (unpaired) electrons. The lowest BCUT2D eigenvalue weighted by molar-refractivity contribution is -0.390. The minimum absolute atomic E-state index is 0.169. The van der Waals surface area contributed by atoms with E-state index in [9.17, 15) is 22.9 Å². The molecule has 1 saturated heterocycles. The van der Waals surface area contributed by atoms with Crippen LogP contribution in [0.5, 0.6) is 0 Å². The molecule has 1 fully saturated rings. The fourth-order valence-corrected chi connectivity index (χ4v) is 3.91. The van der Waals surface area contributed by atoms with Crippen molar-refractivity contribution in [3.63, 3.8) is 0 Å². The first-order chi connectivity index (χ1) is 9.39. The normalized spacial score (nSPS) is 16.1. The summed E-state index contributed by atoms with van der Waals surface area (Å²) in [5.41, 5.74) is -1.00. The van der Waals surface area contributed by atoms with Gasteiger partial charge in [0.15, 0.2) is 4.90 Å².